The molecule has 0 aromatic rings. The molecule has 1 heterocycles. The van der Waals surface area contributed by atoms with Crippen molar-refractivity contribution in [3.8, 4) is 0 Å². The minimum atomic E-state index is -0.326. The van der Waals surface area contributed by atoms with Crippen LogP contribution in [0.5, 0.6) is 0 Å². The fourth-order valence-electron chi connectivity index (χ4n) is 2.72. The zero-order chi connectivity index (χ0) is 11.8. The fraction of sp³-hybridized carbons (Fsp3) is 1.00. The van der Waals surface area contributed by atoms with E-state index in [0.717, 1.165) is 19.4 Å². The van der Waals surface area contributed by atoms with Crippen LogP contribution in [0, 0.1) is 0 Å². The van der Waals surface area contributed by atoms with Gasteiger partial charge in [0.15, 0.2) is 0 Å². The van der Waals surface area contributed by atoms with Gasteiger partial charge in [0.1, 0.15) is 0 Å². The molecule has 0 amide bonds. The van der Waals surface area contributed by atoms with E-state index in [1.54, 1.807) is 0 Å². The van der Waals surface area contributed by atoms with Crippen molar-refractivity contribution in [1.29, 1.82) is 0 Å². The van der Waals surface area contributed by atoms with Gasteiger partial charge in [0.25, 0.3) is 0 Å². The number of hydrogen-bond acceptors (Lipinski definition) is 3. The number of aliphatic hydroxyl groups excluding tert-OH is 1. The Bertz CT molecular complexity index is 246. The normalized spacial score (nSPS) is 31.1. The molecule has 1 spiro atoms. The lowest BCUT2D eigenvalue weighted by molar-refractivity contribution is -0.138. The van der Waals surface area contributed by atoms with E-state index in [9.17, 15) is 5.11 Å². The third-order valence-corrected chi connectivity index (χ3v) is 4.38. The first-order valence-electron chi connectivity index (χ1n) is 6.53. The van der Waals surface area contributed by atoms with Crippen LogP contribution in [0.4, 0.5) is 0 Å². The van der Waals surface area contributed by atoms with Gasteiger partial charge < -0.3 is 15.2 Å². The lowest BCUT2D eigenvalue weighted by Gasteiger charge is -2.49. The summed E-state index contributed by atoms with van der Waals surface area (Å²) in [6.07, 6.45) is 5.61. The quantitative estimate of drug-likeness (QED) is 0.773. The fourth-order valence-corrected chi connectivity index (χ4v) is 2.72. The van der Waals surface area contributed by atoms with E-state index in [4.69, 9.17) is 4.74 Å². The maximum absolute atomic E-state index is 9.72. The van der Waals surface area contributed by atoms with Crippen LogP contribution in [-0.2, 0) is 4.74 Å². The van der Waals surface area contributed by atoms with Crippen molar-refractivity contribution in [3.05, 3.63) is 0 Å². The summed E-state index contributed by atoms with van der Waals surface area (Å²) >= 11 is 0. The Morgan fingerprint density at radius 2 is 2.12 bits per heavy atom. The van der Waals surface area contributed by atoms with Crippen molar-refractivity contribution in [3.63, 3.8) is 0 Å². The largest absolute Gasteiger partial charge is 0.392 e. The third kappa shape index (κ3) is 2.41. The van der Waals surface area contributed by atoms with E-state index < -0.39 is 0 Å². The van der Waals surface area contributed by atoms with E-state index in [2.05, 4.69) is 19.2 Å². The van der Waals surface area contributed by atoms with Gasteiger partial charge in [0.05, 0.1) is 11.7 Å². The van der Waals surface area contributed by atoms with Crippen LogP contribution in [0.2, 0.25) is 0 Å². The van der Waals surface area contributed by atoms with Gasteiger partial charge in [-0.3, -0.25) is 0 Å². The van der Waals surface area contributed by atoms with Gasteiger partial charge in [0.2, 0.25) is 0 Å². The van der Waals surface area contributed by atoms with Gasteiger partial charge >= 0.3 is 0 Å². The van der Waals surface area contributed by atoms with Crippen molar-refractivity contribution >= 4 is 0 Å². The first-order valence-corrected chi connectivity index (χ1v) is 6.53. The maximum Gasteiger partial charge on any atom is 0.0697 e. The van der Waals surface area contributed by atoms with Gasteiger partial charge in [-0.05, 0) is 52.9 Å². The van der Waals surface area contributed by atoms with Gasteiger partial charge in [-0.1, -0.05) is 0 Å². The van der Waals surface area contributed by atoms with Crippen molar-refractivity contribution in [2.45, 2.75) is 76.2 Å². The van der Waals surface area contributed by atoms with Gasteiger partial charge in [0, 0.05) is 18.2 Å². The average molecular weight is 227 g/mol. The molecule has 0 bridgehead atoms. The molecule has 3 nitrogen and oxygen atoms in total. The summed E-state index contributed by atoms with van der Waals surface area (Å²) < 4.78 is 5.90. The molecule has 2 N–H and O–H groups in total. The molecule has 0 aromatic carbocycles. The lowest BCUT2D eigenvalue weighted by Crippen LogP contribution is -2.58. The van der Waals surface area contributed by atoms with Crippen LogP contribution in [0.25, 0.3) is 0 Å². The van der Waals surface area contributed by atoms with Crippen LogP contribution >= 0.6 is 0 Å². The minimum Gasteiger partial charge on any atom is -0.392 e. The molecule has 2 aliphatic rings. The lowest BCUT2D eigenvalue weighted by atomic mass is 9.73. The van der Waals surface area contributed by atoms with Crippen molar-refractivity contribution in [2.24, 2.45) is 0 Å². The molecule has 1 aliphatic carbocycles. The molecule has 2 atom stereocenters. The molecule has 1 saturated heterocycles. The maximum atomic E-state index is 9.72. The Kier molecular flexibility index (Phi) is 3.30. The summed E-state index contributed by atoms with van der Waals surface area (Å²) in [5, 5.41) is 13.3. The SMILES string of the molecule is CC(O)C(C)(C)NC1CCOC2(CCC2)C1. The molecule has 1 aliphatic heterocycles. The summed E-state index contributed by atoms with van der Waals surface area (Å²) in [5.41, 5.74) is -0.0162. The highest BCUT2D eigenvalue weighted by molar-refractivity contribution is 4.98. The predicted molar refractivity (Wildman–Crippen MR) is 64.5 cm³/mol. The zero-order valence-corrected chi connectivity index (χ0v) is 10.8. The van der Waals surface area contributed by atoms with E-state index in [-0.39, 0.29) is 17.2 Å². The molecule has 2 unspecified atom stereocenters. The second-order valence-corrected chi connectivity index (χ2v) is 6.12. The van der Waals surface area contributed by atoms with E-state index in [1.807, 2.05) is 6.92 Å². The average Bonchev–Trinajstić information content (AvgIpc) is 2.15. The Hall–Kier alpha value is -0.120. The molecule has 94 valence electrons. The summed E-state index contributed by atoms with van der Waals surface area (Å²) in [7, 11) is 0. The molecule has 0 aromatic heterocycles. The van der Waals surface area contributed by atoms with Gasteiger partial charge in [-0.25, -0.2) is 0 Å². The molecule has 2 fully saturated rings. The number of ether oxygens (including phenoxy) is 1. The smallest absolute Gasteiger partial charge is 0.0697 e. The zero-order valence-electron chi connectivity index (χ0n) is 10.8. The number of hydrogen-bond donors (Lipinski definition) is 2. The third-order valence-electron chi connectivity index (χ3n) is 4.38. The van der Waals surface area contributed by atoms with E-state index in [0.29, 0.717) is 6.04 Å². The number of rotatable bonds is 3. The molecule has 1 saturated carbocycles. The Labute approximate surface area is 98.6 Å². The van der Waals surface area contributed by atoms with E-state index in [1.165, 1.54) is 19.3 Å². The van der Waals surface area contributed by atoms with Crippen LogP contribution in [0.3, 0.4) is 0 Å². The van der Waals surface area contributed by atoms with Gasteiger partial charge in [-0.2, -0.15) is 0 Å². The highest BCUT2D eigenvalue weighted by Crippen LogP contribution is 2.42. The second kappa shape index (κ2) is 4.28. The molecule has 3 heteroatoms. The van der Waals surface area contributed by atoms with Crippen LogP contribution < -0.4 is 5.32 Å². The number of nitrogens with one attached hydrogen (secondary N) is 1. The topological polar surface area (TPSA) is 41.5 Å². The molecule has 0 radical (unpaired) electrons. The first kappa shape index (κ1) is 12.3. The van der Waals surface area contributed by atoms with Crippen molar-refractivity contribution in [2.75, 3.05) is 6.61 Å². The molecule has 16 heavy (non-hydrogen) atoms. The van der Waals surface area contributed by atoms with Crippen molar-refractivity contribution in [1.82, 2.24) is 5.32 Å². The first-order chi connectivity index (χ1) is 7.44. The monoisotopic (exact) mass is 227 g/mol. The molecule has 2 rings (SSSR count). The number of aliphatic hydroxyl groups is 1. The summed E-state index contributed by atoms with van der Waals surface area (Å²) in [4.78, 5) is 0. The predicted octanol–water partition coefficient (Wildman–Crippen LogP) is 1.84. The standard InChI is InChI=1S/C13H25NO2/c1-10(15)12(2,3)14-11-5-8-16-13(9-11)6-4-7-13/h10-11,14-15H,4-9H2,1-3H3. The highest BCUT2D eigenvalue weighted by Gasteiger charge is 2.43. The van der Waals surface area contributed by atoms with Crippen LogP contribution in [0.1, 0.15) is 52.9 Å². The summed E-state index contributed by atoms with van der Waals surface area (Å²) in [6, 6.07) is 0.499. The Morgan fingerprint density at radius 3 is 2.62 bits per heavy atom. The van der Waals surface area contributed by atoms with Crippen molar-refractivity contribution < 1.29 is 9.84 Å². The minimum absolute atomic E-state index is 0.185. The summed E-state index contributed by atoms with van der Waals surface area (Å²) in [6.45, 7) is 6.86. The van der Waals surface area contributed by atoms with Crippen LogP contribution in [-0.4, -0.2) is 35.0 Å². The molecular formula is C13H25NO2. The van der Waals surface area contributed by atoms with E-state index >= 15 is 0 Å². The summed E-state index contributed by atoms with van der Waals surface area (Å²) in [5.74, 6) is 0. The molecular weight excluding hydrogens is 202 g/mol. The van der Waals surface area contributed by atoms with Crippen LogP contribution in [0.15, 0.2) is 0 Å². The van der Waals surface area contributed by atoms with Gasteiger partial charge in [-0.15, -0.1) is 0 Å². The Morgan fingerprint density at radius 1 is 1.44 bits per heavy atom. The second-order valence-electron chi connectivity index (χ2n) is 6.12. The Balaban J connectivity index is 1.90. The highest BCUT2D eigenvalue weighted by atomic mass is 16.5.